The van der Waals surface area contributed by atoms with Crippen LogP contribution in [0.25, 0.3) is 0 Å². The normalized spacial score (nSPS) is 17.2. The van der Waals surface area contributed by atoms with Crippen molar-refractivity contribution in [2.75, 3.05) is 6.54 Å². The Bertz CT molecular complexity index is 658. The molecule has 1 fully saturated rings. The summed E-state index contributed by atoms with van der Waals surface area (Å²) in [4.78, 5) is 11.0. The Labute approximate surface area is 136 Å². The van der Waals surface area contributed by atoms with E-state index >= 15 is 0 Å². The number of carboxylic acids is 1. The fourth-order valence-electron chi connectivity index (χ4n) is 2.39. The van der Waals surface area contributed by atoms with E-state index in [0.29, 0.717) is 9.50 Å². The summed E-state index contributed by atoms with van der Waals surface area (Å²) in [7, 11) is -3.68. The van der Waals surface area contributed by atoms with E-state index in [1.165, 1.54) is 18.2 Å². The highest BCUT2D eigenvalue weighted by Gasteiger charge is 2.39. The smallest absolute Gasteiger partial charge is 0.303 e. The predicted octanol–water partition coefficient (Wildman–Crippen LogP) is 3.03. The molecule has 5 nitrogen and oxygen atoms in total. The lowest BCUT2D eigenvalue weighted by molar-refractivity contribution is -0.141. The maximum absolute atomic E-state index is 12.2. The molecule has 2 N–H and O–H groups in total. The molecule has 116 valence electrons. The minimum absolute atomic E-state index is 0.0141. The molecule has 0 atom stereocenters. The van der Waals surface area contributed by atoms with Crippen LogP contribution in [0.5, 0.6) is 0 Å². The zero-order valence-electron chi connectivity index (χ0n) is 11.1. The third-order valence-electron chi connectivity index (χ3n) is 3.78. The molecule has 0 bridgehead atoms. The number of carbonyl (C=O) groups is 1. The first-order chi connectivity index (χ1) is 9.74. The van der Waals surface area contributed by atoms with Crippen LogP contribution in [0, 0.1) is 5.41 Å². The van der Waals surface area contributed by atoms with Crippen LogP contribution in [0.1, 0.15) is 25.7 Å². The van der Waals surface area contributed by atoms with Gasteiger partial charge in [0.15, 0.2) is 0 Å². The van der Waals surface area contributed by atoms with Crippen molar-refractivity contribution in [1.29, 1.82) is 0 Å². The number of hydrogen-bond acceptors (Lipinski definition) is 3. The zero-order chi connectivity index (χ0) is 15.7. The molecule has 1 aromatic rings. The predicted molar refractivity (Wildman–Crippen MR) is 82.9 cm³/mol. The molecule has 0 aliphatic heterocycles. The van der Waals surface area contributed by atoms with Crippen molar-refractivity contribution >= 4 is 43.5 Å². The maximum atomic E-state index is 12.2. The van der Waals surface area contributed by atoms with Crippen LogP contribution >= 0.6 is 27.5 Å². The highest BCUT2D eigenvalue weighted by molar-refractivity contribution is 9.10. The maximum Gasteiger partial charge on any atom is 0.303 e. The number of carboxylic acid groups (broad SMARTS) is 1. The number of benzene rings is 1. The van der Waals surface area contributed by atoms with Gasteiger partial charge in [0, 0.05) is 11.0 Å². The fourth-order valence-corrected chi connectivity index (χ4v) is 4.22. The van der Waals surface area contributed by atoms with Crippen LogP contribution in [-0.2, 0) is 14.8 Å². The van der Waals surface area contributed by atoms with Crippen molar-refractivity contribution in [1.82, 2.24) is 4.72 Å². The molecule has 0 unspecified atom stereocenters. The van der Waals surface area contributed by atoms with E-state index in [1.807, 2.05) is 0 Å². The molecule has 0 amide bonds. The summed E-state index contributed by atoms with van der Waals surface area (Å²) >= 11 is 9.03. The summed E-state index contributed by atoms with van der Waals surface area (Å²) in [6.07, 6.45) is 2.37. The Morgan fingerprint density at radius 2 is 2.10 bits per heavy atom. The first-order valence-corrected chi connectivity index (χ1v) is 9.06. The van der Waals surface area contributed by atoms with Gasteiger partial charge in [0.05, 0.1) is 16.3 Å². The first-order valence-electron chi connectivity index (χ1n) is 6.41. The van der Waals surface area contributed by atoms with Crippen LogP contribution in [0.4, 0.5) is 0 Å². The van der Waals surface area contributed by atoms with E-state index in [9.17, 15) is 13.2 Å². The minimum Gasteiger partial charge on any atom is -0.481 e. The van der Waals surface area contributed by atoms with Crippen LogP contribution in [0.3, 0.4) is 0 Å². The van der Waals surface area contributed by atoms with Crippen LogP contribution in [0.15, 0.2) is 27.6 Å². The van der Waals surface area contributed by atoms with Gasteiger partial charge in [0.25, 0.3) is 0 Å². The van der Waals surface area contributed by atoms with Crippen molar-refractivity contribution in [2.45, 2.75) is 30.6 Å². The first kappa shape index (κ1) is 16.7. The molecule has 8 heteroatoms. The molecule has 2 rings (SSSR count). The van der Waals surface area contributed by atoms with Crippen molar-refractivity contribution in [3.63, 3.8) is 0 Å². The number of hydrogen-bond donors (Lipinski definition) is 2. The number of nitrogens with one attached hydrogen (secondary N) is 1. The highest BCUT2D eigenvalue weighted by atomic mass is 79.9. The van der Waals surface area contributed by atoms with Crippen molar-refractivity contribution in [2.24, 2.45) is 5.41 Å². The molecule has 0 radical (unpaired) electrons. The van der Waals surface area contributed by atoms with Gasteiger partial charge in [-0.3, -0.25) is 4.79 Å². The monoisotopic (exact) mass is 395 g/mol. The van der Waals surface area contributed by atoms with E-state index in [4.69, 9.17) is 16.7 Å². The molecule has 21 heavy (non-hydrogen) atoms. The van der Waals surface area contributed by atoms with E-state index < -0.39 is 21.4 Å². The quantitative estimate of drug-likeness (QED) is 0.774. The second kappa shape index (κ2) is 6.24. The molecule has 0 spiro atoms. The molecular formula is C13H15BrClNO4S. The van der Waals surface area contributed by atoms with Gasteiger partial charge in [0.1, 0.15) is 0 Å². The Kier molecular flexibility index (Phi) is 4.97. The molecule has 0 saturated heterocycles. The highest BCUT2D eigenvalue weighted by Crippen LogP contribution is 2.43. The summed E-state index contributed by atoms with van der Waals surface area (Å²) in [5.41, 5.74) is -0.456. The standard InChI is InChI=1S/C13H15BrClNO4S/c14-10-6-9(2-3-11(10)15)21(19,20)16-8-13(4-1-5-13)7-12(17)18/h2-3,6,16H,1,4-5,7-8H2,(H,17,18). The summed E-state index contributed by atoms with van der Waals surface area (Å²) in [6.45, 7) is 0.141. The second-order valence-electron chi connectivity index (χ2n) is 5.32. The minimum atomic E-state index is -3.68. The van der Waals surface area contributed by atoms with Gasteiger partial charge in [0.2, 0.25) is 10.0 Å². The number of sulfonamides is 1. The summed E-state index contributed by atoms with van der Waals surface area (Å²) in [6, 6.07) is 4.34. The SMILES string of the molecule is O=C(O)CC1(CNS(=O)(=O)c2ccc(Cl)c(Br)c2)CCC1. The second-order valence-corrected chi connectivity index (χ2v) is 8.35. The molecule has 1 aliphatic rings. The molecule has 0 heterocycles. The third kappa shape index (κ3) is 3.97. The van der Waals surface area contributed by atoms with Gasteiger partial charge in [-0.15, -0.1) is 0 Å². The van der Waals surface area contributed by atoms with Gasteiger partial charge in [-0.25, -0.2) is 13.1 Å². The third-order valence-corrected chi connectivity index (χ3v) is 6.39. The van der Waals surface area contributed by atoms with Gasteiger partial charge >= 0.3 is 5.97 Å². The molecule has 1 aliphatic carbocycles. The van der Waals surface area contributed by atoms with Crippen LogP contribution in [0.2, 0.25) is 5.02 Å². The molecular weight excluding hydrogens is 382 g/mol. The van der Waals surface area contributed by atoms with Crippen molar-refractivity contribution in [3.8, 4) is 0 Å². The summed E-state index contributed by atoms with van der Waals surface area (Å²) in [5, 5.41) is 9.36. The van der Waals surface area contributed by atoms with Gasteiger partial charge in [-0.1, -0.05) is 18.0 Å². The summed E-state index contributed by atoms with van der Waals surface area (Å²) < 4.78 is 27.5. The lowest BCUT2D eigenvalue weighted by Gasteiger charge is -2.40. The van der Waals surface area contributed by atoms with E-state index in [1.54, 1.807) is 0 Å². The number of aliphatic carboxylic acids is 1. The lowest BCUT2D eigenvalue weighted by Crippen LogP contribution is -2.43. The largest absolute Gasteiger partial charge is 0.481 e. The lowest BCUT2D eigenvalue weighted by atomic mass is 9.67. The molecule has 1 saturated carbocycles. The van der Waals surface area contributed by atoms with Gasteiger partial charge in [-0.05, 0) is 52.4 Å². The van der Waals surface area contributed by atoms with Crippen molar-refractivity contribution in [3.05, 3.63) is 27.7 Å². The Balaban J connectivity index is 2.10. The fraction of sp³-hybridized carbons (Fsp3) is 0.462. The van der Waals surface area contributed by atoms with Crippen LogP contribution in [-0.4, -0.2) is 26.0 Å². The Morgan fingerprint density at radius 3 is 2.57 bits per heavy atom. The Morgan fingerprint density at radius 1 is 1.43 bits per heavy atom. The van der Waals surface area contributed by atoms with Gasteiger partial charge in [-0.2, -0.15) is 0 Å². The van der Waals surface area contributed by atoms with E-state index in [0.717, 1.165) is 19.3 Å². The zero-order valence-corrected chi connectivity index (χ0v) is 14.3. The summed E-state index contributed by atoms with van der Waals surface area (Å²) in [5.74, 6) is -0.900. The number of halogens is 2. The topological polar surface area (TPSA) is 83.5 Å². The molecule has 1 aromatic carbocycles. The number of rotatable bonds is 6. The average Bonchev–Trinajstić information content (AvgIpc) is 2.35. The molecule has 0 aromatic heterocycles. The van der Waals surface area contributed by atoms with Crippen LogP contribution < -0.4 is 4.72 Å². The Hall–Kier alpha value is -0.630. The van der Waals surface area contributed by atoms with Crippen molar-refractivity contribution < 1.29 is 18.3 Å². The van der Waals surface area contributed by atoms with E-state index in [-0.39, 0.29) is 17.9 Å². The average molecular weight is 397 g/mol. The van der Waals surface area contributed by atoms with E-state index in [2.05, 4.69) is 20.7 Å². The van der Waals surface area contributed by atoms with Gasteiger partial charge < -0.3 is 5.11 Å².